The van der Waals surface area contributed by atoms with E-state index in [1.54, 1.807) is 24.3 Å². The Hall–Kier alpha value is -1.96. The highest BCUT2D eigenvalue weighted by Gasteiger charge is 2.50. The summed E-state index contributed by atoms with van der Waals surface area (Å²) >= 11 is 0. The molecule has 0 radical (unpaired) electrons. The van der Waals surface area contributed by atoms with Crippen LogP contribution in [-0.4, -0.2) is 55.4 Å². The lowest BCUT2D eigenvalue weighted by Crippen LogP contribution is -2.56. The lowest BCUT2D eigenvalue weighted by atomic mass is 9.81. The van der Waals surface area contributed by atoms with Crippen LogP contribution in [0, 0.1) is 11.8 Å². The molecule has 0 aliphatic carbocycles. The molecule has 2 fully saturated rings. The predicted octanol–water partition coefficient (Wildman–Crippen LogP) is 2.97. The van der Waals surface area contributed by atoms with E-state index in [2.05, 4.69) is 0 Å². The summed E-state index contributed by atoms with van der Waals surface area (Å²) in [5.74, 6) is -1.70. The van der Waals surface area contributed by atoms with Crippen molar-refractivity contribution in [1.29, 1.82) is 0 Å². The molecule has 0 aromatic heterocycles. The third kappa shape index (κ3) is 5.15. The highest BCUT2D eigenvalue weighted by Crippen LogP contribution is 2.38. The maximum Gasteiger partial charge on any atom is 0.338 e. The van der Waals surface area contributed by atoms with Crippen molar-refractivity contribution < 1.29 is 33.3 Å². The Balaban J connectivity index is 1.72. The molecular formula is C22H30O7. The number of esters is 2. The summed E-state index contributed by atoms with van der Waals surface area (Å²) in [4.78, 5) is 24.0. The van der Waals surface area contributed by atoms with Crippen molar-refractivity contribution >= 4 is 11.9 Å². The van der Waals surface area contributed by atoms with Crippen molar-refractivity contribution in [2.24, 2.45) is 11.8 Å². The first kappa shape index (κ1) is 21.7. The van der Waals surface area contributed by atoms with Crippen LogP contribution < -0.4 is 0 Å². The summed E-state index contributed by atoms with van der Waals surface area (Å²) in [6, 6.07) is 8.80. The van der Waals surface area contributed by atoms with Crippen LogP contribution in [0.1, 0.15) is 45.0 Å². The van der Waals surface area contributed by atoms with Crippen molar-refractivity contribution in [3.05, 3.63) is 35.9 Å². The fraction of sp³-hybridized carbons (Fsp3) is 0.636. The Morgan fingerprint density at radius 3 is 2.41 bits per heavy atom. The Morgan fingerprint density at radius 2 is 1.83 bits per heavy atom. The molecule has 1 aromatic carbocycles. The second kappa shape index (κ2) is 8.81. The predicted molar refractivity (Wildman–Crippen MR) is 104 cm³/mol. The molecule has 0 saturated carbocycles. The summed E-state index contributed by atoms with van der Waals surface area (Å²) < 4.78 is 29.1. The Morgan fingerprint density at radius 1 is 1.14 bits per heavy atom. The van der Waals surface area contributed by atoms with E-state index in [4.69, 9.17) is 23.7 Å². The van der Waals surface area contributed by atoms with Gasteiger partial charge in [0, 0.05) is 18.8 Å². The topological polar surface area (TPSA) is 80.3 Å². The number of carbonyl (C=O) groups excluding carboxylic acids is 2. The molecular weight excluding hydrogens is 376 g/mol. The zero-order chi connectivity index (χ0) is 21.2. The van der Waals surface area contributed by atoms with E-state index < -0.39 is 17.9 Å². The molecule has 2 saturated heterocycles. The van der Waals surface area contributed by atoms with Gasteiger partial charge in [-0.05, 0) is 26.0 Å². The third-order valence-corrected chi connectivity index (χ3v) is 5.56. The van der Waals surface area contributed by atoms with E-state index in [1.807, 2.05) is 33.8 Å². The van der Waals surface area contributed by atoms with Crippen LogP contribution in [0.5, 0.6) is 0 Å². The molecule has 0 amide bonds. The Labute approximate surface area is 171 Å². The van der Waals surface area contributed by atoms with Crippen LogP contribution >= 0.6 is 0 Å². The SMILES string of the molecule is CC(=O)O[C@@H]1[C@@H](C)[C@H]([C@H]2COC(C)(C)O2)O[C@H](COC(=O)c2ccccc2)[C@@H]1C. The molecule has 0 bridgehead atoms. The molecule has 2 heterocycles. The van der Waals surface area contributed by atoms with Gasteiger partial charge in [0.25, 0.3) is 0 Å². The number of ether oxygens (including phenoxy) is 5. The Kier molecular flexibility index (Phi) is 6.61. The standard InChI is InChI=1S/C22H30O7/c1-13-17(11-25-21(24)16-9-7-6-8-10-16)28-20(14(2)19(13)27-15(3)23)18-12-26-22(4,5)29-18/h6-10,13-14,17-20H,11-12H2,1-5H3/t13-,14+,17+,18+,19-,20+/m0/s1. The largest absolute Gasteiger partial charge is 0.462 e. The average Bonchev–Trinajstić information content (AvgIpc) is 3.04. The molecule has 0 unspecified atom stereocenters. The van der Waals surface area contributed by atoms with Gasteiger partial charge in [0.05, 0.1) is 24.4 Å². The first-order chi connectivity index (χ1) is 13.7. The molecule has 7 nitrogen and oxygen atoms in total. The summed E-state index contributed by atoms with van der Waals surface area (Å²) in [6.45, 7) is 9.48. The van der Waals surface area contributed by atoms with E-state index in [0.717, 1.165) is 0 Å². The van der Waals surface area contributed by atoms with Gasteiger partial charge in [-0.1, -0.05) is 32.0 Å². The molecule has 0 N–H and O–H groups in total. The van der Waals surface area contributed by atoms with Gasteiger partial charge in [0.15, 0.2) is 5.79 Å². The van der Waals surface area contributed by atoms with Gasteiger partial charge >= 0.3 is 11.9 Å². The molecule has 29 heavy (non-hydrogen) atoms. The van der Waals surface area contributed by atoms with Crippen LogP contribution in [0.15, 0.2) is 30.3 Å². The maximum absolute atomic E-state index is 12.3. The summed E-state index contributed by atoms with van der Waals surface area (Å²) in [6.07, 6.45) is -1.45. The third-order valence-electron chi connectivity index (χ3n) is 5.56. The first-order valence-corrected chi connectivity index (χ1v) is 10.0. The second-order valence-corrected chi connectivity index (χ2v) is 8.26. The quantitative estimate of drug-likeness (QED) is 0.696. The van der Waals surface area contributed by atoms with Crippen LogP contribution in [0.4, 0.5) is 0 Å². The van der Waals surface area contributed by atoms with Gasteiger partial charge in [-0.3, -0.25) is 4.79 Å². The zero-order valence-corrected chi connectivity index (χ0v) is 17.6. The van der Waals surface area contributed by atoms with E-state index >= 15 is 0 Å². The molecule has 7 heteroatoms. The maximum atomic E-state index is 12.3. The van der Waals surface area contributed by atoms with Crippen molar-refractivity contribution in [1.82, 2.24) is 0 Å². The van der Waals surface area contributed by atoms with E-state index in [-0.39, 0.29) is 42.7 Å². The second-order valence-electron chi connectivity index (χ2n) is 8.26. The molecule has 2 aliphatic heterocycles. The fourth-order valence-electron chi connectivity index (χ4n) is 4.04. The highest BCUT2D eigenvalue weighted by molar-refractivity contribution is 5.89. The van der Waals surface area contributed by atoms with Gasteiger partial charge in [0.1, 0.15) is 18.8 Å². The highest BCUT2D eigenvalue weighted by atomic mass is 16.8. The number of hydrogen-bond acceptors (Lipinski definition) is 7. The van der Waals surface area contributed by atoms with E-state index in [1.165, 1.54) is 6.92 Å². The molecule has 3 rings (SSSR count). The minimum Gasteiger partial charge on any atom is -0.462 e. The van der Waals surface area contributed by atoms with Gasteiger partial charge in [-0.25, -0.2) is 4.79 Å². The molecule has 2 aliphatic rings. The Bertz CT molecular complexity index is 717. The van der Waals surface area contributed by atoms with Crippen molar-refractivity contribution in [2.45, 2.75) is 64.8 Å². The van der Waals surface area contributed by atoms with Crippen LogP contribution in [0.2, 0.25) is 0 Å². The molecule has 6 atom stereocenters. The van der Waals surface area contributed by atoms with Crippen LogP contribution in [-0.2, 0) is 28.5 Å². The van der Waals surface area contributed by atoms with Gasteiger partial charge < -0.3 is 23.7 Å². The van der Waals surface area contributed by atoms with Gasteiger partial charge in [0.2, 0.25) is 0 Å². The summed E-state index contributed by atoms with van der Waals surface area (Å²) in [7, 11) is 0. The van der Waals surface area contributed by atoms with Crippen molar-refractivity contribution in [2.75, 3.05) is 13.2 Å². The average molecular weight is 406 g/mol. The lowest BCUT2D eigenvalue weighted by Gasteiger charge is -2.45. The first-order valence-electron chi connectivity index (χ1n) is 10.0. The number of hydrogen-bond donors (Lipinski definition) is 0. The number of benzene rings is 1. The van der Waals surface area contributed by atoms with Crippen LogP contribution in [0.3, 0.4) is 0 Å². The summed E-state index contributed by atoms with van der Waals surface area (Å²) in [5, 5.41) is 0. The van der Waals surface area contributed by atoms with Crippen molar-refractivity contribution in [3.63, 3.8) is 0 Å². The van der Waals surface area contributed by atoms with Crippen LogP contribution in [0.25, 0.3) is 0 Å². The molecule has 0 spiro atoms. The molecule has 160 valence electrons. The van der Waals surface area contributed by atoms with Gasteiger partial charge in [-0.2, -0.15) is 0 Å². The number of carbonyl (C=O) groups is 2. The van der Waals surface area contributed by atoms with Gasteiger partial charge in [-0.15, -0.1) is 0 Å². The number of rotatable bonds is 5. The zero-order valence-electron chi connectivity index (χ0n) is 17.6. The summed E-state index contributed by atoms with van der Waals surface area (Å²) in [5.41, 5.74) is 0.478. The fourth-order valence-corrected chi connectivity index (χ4v) is 4.04. The monoisotopic (exact) mass is 406 g/mol. The lowest BCUT2D eigenvalue weighted by molar-refractivity contribution is -0.226. The van der Waals surface area contributed by atoms with Crippen molar-refractivity contribution in [3.8, 4) is 0 Å². The smallest absolute Gasteiger partial charge is 0.338 e. The van der Waals surface area contributed by atoms with E-state index in [0.29, 0.717) is 12.2 Å². The van der Waals surface area contributed by atoms with E-state index in [9.17, 15) is 9.59 Å². The minimum absolute atomic E-state index is 0.0624. The normalized spacial score (nSPS) is 33.8. The minimum atomic E-state index is -0.691. The molecule has 1 aromatic rings.